The molecule has 8 heteroatoms. The lowest BCUT2D eigenvalue weighted by atomic mass is 10.2. The van der Waals surface area contributed by atoms with E-state index in [1.807, 2.05) is 24.3 Å². The van der Waals surface area contributed by atoms with E-state index in [1.165, 1.54) is 12.3 Å². The topological polar surface area (TPSA) is 76.4 Å². The minimum atomic E-state index is -0.472. The van der Waals surface area contributed by atoms with Crippen LogP contribution in [0.15, 0.2) is 47.0 Å². The first kappa shape index (κ1) is 20.1. The Labute approximate surface area is 173 Å². The number of carbonyl (C=O) groups is 1. The summed E-state index contributed by atoms with van der Waals surface area (Å²) in [6, 6.07) is 10.5. The third kappa shape index (κ3) is 5.21. The van der Waals surface area contributed by atoms with Crippen molar-refractivity contribution in [2.45, 2.75) is 26.2 Å². The molecule has 28 heavy (non-hydrogen) atoms. The Morgan fingerprint density at radius 2 is 2.04 bits per heavy atom. The second-order valence-corrected chi connectivity index (χ2v) is 6.88. The molecule has 0 aliphatic rings. The van der Waals surface area contributed by atoms with Crippen molar-refractivity contribution in [3.05, 3.63) is 53.5 Å². The van der Waals surface area contributed by atoms with Crippen LogP contribution in [-0.4, -0.2) is 22.6 Å². The second kappa shape index (κ2) is 9.52. The van der Waals surface area contributed by atoms with E-state index in [4.69, 9.17) is 33.0 Å². The van der Waals surface area contributed by atoms with Gasteiger partial charge in [0.25, 0.3) is 5.91 Å². The molecule has 0 spiro atoms. The highest BCUT2D eigenvalue weighted by Gasteiger charge is 2.15. The molecule has 0 bridgehead atoms. The van der Waals surface area contributed by atoms with E-state index in [-0.39, 0.29) is 16.0 Å². The SMILES string of the molecule is CCCCCOc1ccc(NC(=S)NC(=O)c2cc3c(Cl)nccc3o2)cc1. The molecule has 0 aliphatic carbocycles. The fraction of sp³-hybridized carbons (Fsp3) is 0.250. The van der Waals surface area contributed by atoms with Crippen molar-refractivity contribution in [3.8, 4) is 5.75 Å². The number of rotatable bonds is 7. The largest absolute Gasteiger partial charge is 0.494 e. The van der Waals surface area contributed by atoms with Crippen LogP contribution in [-0.2, 0) is 0 Å². The molecule has 3 aromatic rings. The Balaban J connectivity index is 1.54. The molecule has 1 aromatic carbocycles. The summed E-state index contributed by atoms with van der Waals surface area (Å²) in [6.07, 6.45) is 4.86. The van der Waals surface area contributed by atoms with Gasteiger partial charge in [0.2, 0.25) is 0 Å². The molecule has 2 N–H and O–H groups in total. The summed E-state index contributed by atoms with van der Waals surface area (Å²) in [5, 5.41) is 6.54. The van der Waals surface area contributed by atoms with Gasteiger partial charge in [-0.2, -0.15) is 0 Å². The number of hydrogen-bond acceptors (Lipinski definition) is 5. The lowest BCUT2D eigenvalue weighted by Gasteiger charge is -2.10. The minimum absolute atomic E-state index is 0.102. The first-order valence-corrected chi connectivity index (χ1v) is 9.74. The molecule has 0 fully saturated rings. The molecule has 2 heterocycles. The fourth-order valence-corrected chi connectivity index (χ4v) is 2.96. The predicted octanol–water partition coefficient (Wildman–Crippen LogP) is 5.18. The van der Waals surface area contributed by atoms with Crippen molar-refractivity contribution in [1.82, 2.24) is 10.3 Å². The van der Waals surface area contributed by atoms with Crippen molar-refractivity contribution in [2.75, 3.05) is 11.9 Å². The van der Waals surface area contributed by atoms with Crippen molar-refractivity contribution >= 4 is 51.5 Å². The first-order valence-electron chi connectivity index (χ1n) is 8.96. The number of unbranched alkanes of at least 4 members (excludes halogenated alkanes) is 2. The summed E-state index contributed by atoms with van der Waals surface area (Å²) in [7, 11) is 0. The van der Waals surface area contributed by atoms with Gasteiger partial charge in [-0.15, -0.1) is 0 Å². The van der Waals surface area contributed by atoms with Crippen molar-refractivity contribution in [2.24, 2.45) is 0 Å². The van der Waals surface area contributed by atoms with Crippen LogP contribution in [0.25, 0.3) is 11.0 Å². The fourth-order valence-electron chi connectivity index (χ4n) is 2.55. The standard InChI is InChI=1S/C20H20ClN3O3S/c1-2-3-4-11-26-14-7-5-13(6-8-14)23-20(28)24-19(25)17-12-15-16(27-17)9-10-22-18(15)21/h5-10,12H,2-4,11H2,1H3,(H2,23,24,25,28). The highest BCUT2D eigenvalue weighted by Crippen LogP contribution is 2.24. The molecule has 0 radical (unpaired) electrons. The van der Waals surface area contributed by atoms with Crippen LogP contribution in [0, 0.1) is 0 Å². The number of hydrogen-bond donors (Lipinski definition) is 2. The Morgan fingerprint density at radius 3 is 2.75 bits per heavy atom. The van der Waals surface area contributed by atoms with Gasteiger partial charge in [0, 0.05) is 18.0 Å². The second-order valence-electron chi connectivity index (χ2n) is 6.11. The van der Waals surface area contributed by atoms with Crippen LogP contribution in [0.1, 0.15) is 36.7 Å². The molecule has 6 nitrogen and oxygen atoms in total. The summed E-state index contributed by atoms with van der Waals surface area (Å²) < 4.78 is 11.2. The Hall–Kier alpha value is -2.64. The quantitative estimate of drug-likeness (QED) is 0.313. The number of ether oxygens (including phenoxy) is 1. The third-order valence-electron chi connectivity index (χ3n) is 3.98. The van der Waals surface area contributed by atoms with Gasteiger partial charge >= 0.3 is 0 Å². The highest BCUT2D eigenvalue weighted by atomic mass is 35.5. The molecule has 3 rings (SSSR count). The van der Waals surface area contributed by atoms with Crippen LogP contribution in [0.3, 0.4) is 0 Å². The zero-order valence-corrected chi connectivity index (χ0v) is 16.9. The number of furan rings is 1. The van der Waals surface area contributed by atoms with Gasteiger partial charge in [-0.1, -0.05) is 31.4 Å². The lowest BCUT2D eigenvalue weighted by Crippen LogP contribution is -2.33. The van der Waals surface area contributed by atoms with Gasteiger partial charge < -0.3 is 14.5 Å². The number of nitrogens with one attached hydrogen (secondary N) is 2. The van der Waals surface area contributed by atoms with Crippen molar-refractivity contribution in [1.29, 1.82) is 0 Å². The molecule has 2 aromatic heterocycles. The van der Waals surface area contributed by atoms with Crippen LogP contribution < -0.4 is 15.4 Å². The maximum absolute atomic E-state index is 12.3. The summed E-state index contributed by atoms with van der Waals surface area (Å²) in [5.74, 6) is 0.426. The average molecular weight is 418 g/mol. The summed E-state index contributed by atoms with van der Waals surface area (Å²) in [6.45, 7) is 2.86. The number of thiocarbonyl (C=S) groups is 1. The zero-order valence-electron chi connectivity index (χ0n) is 15.3. The smallest absolute Gasteiger partial charge is 0.293 e. The number of nitrogens with zero attached hydrogens (tertiary/aromatic N) is 1. The van der Waals surface area contributed by atoms with Crippen LogP contribution in [0.2, 0.25) is 5.15 Å². The molecule has 0 unspecified atom stereocenters. The van der Waals surface area contributed by atoms with Gasteiger partial charge in [-0.05, 0) is 49.0 Å². The van der Waals surface area contributed by atoms with E-state index in [1.54, 1.807) is 6.07 Å². The monoisotopic (exact) mass is 417 g/mol. The number of aromatic nitrogens is 1. The number of halogens is 1. The molecule has 1 amide bonds. The number of anilines is 1. The molecular formula is C20H20ClN3O3S. The summed E-state index contributed by atoms with van der Waals surface area (Å²) in [5.41, 5.74) is 1.22. The molecule has 0 atom stereocenters. The average Bonchev–Trinajstić information content (AvgIpc) is 3.12. The summed E-state index contributed by atoms with van der Waals surface area (Å²) in [4.78, 5) is 16.3. The van der Waals surface area contributed by atoms with Crippen molar-refractivity contribution in [3.63, 3.8) is 0 Å². The number of pyridine rings is 1. The number of fused-ring (bicyclic) bond motifs is 1. The van der Waals surface area contributed by atoms with E-state index in [0.29, 0.717) is 17.6 Å². The van der Waals surface area contributed by atoms with Gasteiger partial charge in [0.15, 0.2) is 10.9 Å². The number of carbonyl (C=O) groups excluding carboxylic acids is 1. The third-order valence-corrected chi connectivity index (χ3v) is 4.48. The van der Waals surface area contributed by atoms with Crippen molar-refractivity contribution < 1.29 is 13.9 Å². The maximum atomic E-state index is 12.3. The lowest BCUT2D eigenvalue weighted by molar-refractivity contribution is 0.0953. The van der Waals surface area contributed by atoms with E-state index in [9.17, 15) is 4.79 Å². The number of amides is 1. The Bertz CT molecular complexity index is 972. The first-order chi connectivity index (χ1) is 13.6. The van der Waals surface area contributed by atoms with E-state index >= 15 is 0 Å². The Morgan fingerprint density at radius 1 is 1.25 bits per heavy atom. The zero-order chi connectivity index (χ0) is 19.9. The van der Waals surface area contributed by atoms with Gasteiger partial charge in [0.1, 0.15) is 16.5 Å². The van der Waals surface area contributed by atoms with Gasteiger partial charge in [-0.25, -0.2) is 4.98 Å². The van der Waals surface area contributed by atoms with Crippen LogP contribution >= 0.6 is 23.8 Å². The van der Waals surface area contributed by atoms with Crippen LogP contribution in [0.4, 0.5) is 5.69 Å². The maximum Gasteiger partial charge on any atom is 0.293 e. The normalized spacial score (nSPS) is 10.6. The molecule has 146 valence electrons. The van der Waals surface area contributed by atoms with E-state index in [2.05, 4.69) is 22.5 Å². The van der Waals surface area contributed by atoms with E-state index < -0.39 is 5.91 Å². The van der Waals surface area contributed by atoms with Crippen LogP contribution in [0.5, 0.6) is 5.75 Å². The minimum Gasteiger partial charge on any atom is -0.494 e. The summed E-state index contributed by atoms with van der Waals surface area (Å²) >= 11 is 11.2. The predicted molar refractivity (Wildman–Crippen MR) is 114 cm³/mol. The van der Waals surface area contributed by atoms with E-state index in [0.717, 1.165) is 30.7 Å². The highest BCUT2D eigenvalue weighted by molar-refractivity contribution is 7.80. The Kier molecular flexibility index (Phi) is 6.84. The van der Waals surface area contributed by atoms with Gasteiger partial charge in [0.05, 0.1) is 12.0 Å². The molecule has 0 aliphatic heterocycles. The van der Waals surface area contributed by atoms with Gasteiger partial charge in [-0.3, -0.25) is 10.1 Å². The number of benzene rings is 1. The molecule has 0 saturated carbocycles. The molecular weight excluding hydrogens is 398 g/mol. The molecule has 0 saturated heterocycles.